The smallest absolute Gasteiger partial charge is 0.0945 e. The van der Waals surface area contributed by atoms with E-state index in [1.54, 1.807) is 0 Å². The van der Waals surface area contributed by atoms with Crippen molar-refractivity contribution in [3.05, 3.63) is 18.7 Å². The van der Waals surface area contributed by atoms with Crippen LogP contribution < -0.4 is 5.32 Å². The first-order chi connectivity index (χ1) is 8.42. The highest BCUT2D eigenvalue weighted by Gasteiger charge is 2.33. The summed E-state index contributed by atoms with van der Waals surface area (Å²) >= 11 is 0. The highest BCUT2D eigenvalue weighted by Crippen LogP contribution is 2.26. The Morgan fingerprint density at radius 2 is 2.24 bits per heavy atom. The molecule has 0 spiro atoms. The second kappa shape index (κ2) is 5.19. The van der Waals surface area contributed by atoms with Gasteiger partial charge in [0.1, 0.15) is 0 Å². The Kier molecular flexibility index (Phi) is 3.43. The minimum absolute atomic E-state index is 0.775. The summed E-state index contributed by atoms with van der Waals surface area (Å²) in [7, 11) is 0. The monoisotopic (exact) mass is 234 g/mol. The second-order valence-electron chi connectivity index (χ2n) is 5.35. The number of nitrogens with zero attached hydrogens (tertiary/aromatic N) is 3. The minimum Gasteiger partial charge on any atom is -0.337 e. The van der Waals surface area contributed by atoms with Crippen molar-refractivity contribution in [1.29, 1.82) is 0 Å². The molecule has 2 aliphatic rings. The zero-order chi connectivity index (χ0) is 11.5. The van der Waals surface area contributed by atoms with Crippen LogP contribution in [0.3, 0.4) is 0 Å². The molecule has 4 heteroatoms. The molecule has 2 saturated heterocycles. The Morgan fingerprint density at radius 1 is 1.29 bits per heavy atom. The summed E-state index contributed by atoms with van der Waals surface area (Å²) in [5, 5.41) is 3.75. The second-order valence-corrected chi connectivity index (χ2v) is 5.35. The van der Waals surface area contributed by atoms with Crippen LogP contribution in [-0.2, 0) is 6.54 Å². The number of hydrogen-bond donors (Lipinski definition) is 1. The third-order valence-electron chi connectivity index (χ3n) is 4.19. The fourth-order valence-electron chi connectivity index (χ4n) is 3.19. The van der Waals surface area contributed by atoms with Crippen LogP contribution in [0.4, 0.5) is 0 Å². The van der Waals surface area contributed by atoms with E-state index >= 15 is 0 Å². The van der Waals surface area contributed by atoms with Gasteiger partial charge in [-0.1, -0.05) is 0 Å². The van der Waals surface area contributed by atoms with Crippen LogP contribution in [-0.4, -0.2) is 46.7 Å². The predicted molar refractivity (Wildman–Crippen MR) is 67.8 cm³/mol. The average Bonchev–Trinajstić information content (AvgIpc) is 2.97. The van der Waals surface area contributed by atoms with Crippen molar-refractivity contribution < 1.29 is 0 Å². The molecule has 1 aromatic heterocycles. The Bertz CT molecular complexity index is 335. The van der Waals surface area contributed by atoms with Gasteiger partial charge in [0, 0.05) is 31.5 Å². The number of fused-ring (bicyclic) bond motifs is 2. The van der Waals surface area contributed by atoms with E-state index in [1.165, 1.54) is 38.9 Å². The average molecular weight is 234 g/mol. The lowest BCUT2D eigenvalue weighted by molar-refractivity contribution is 0.220. The third-order valence-corrected chi connectivity index (χ3v) is 4.19. The zero-order valence-electron chi connectivity index (χ0n) is 10.4. The molecule has 3 rings (SSSR count). The molecular weight excluding hydrogens is 212 g/mol. The van der Waals surface area contributed by atoms with Gasteiger partial charge in [0.2, 0.25) is 0 Å². The van der Waals surface area contributed by atoms with Crippen LogP contribution in [0.1, 0.15) is 19.3 Å². The quantitative estimate of drug-likeness (QED) is 0.770. The Balaban J connectivity index is 1.37. The molecule has 17 heavy (non-hydrogen) atoms. The van der Waals surface area contributed by atoms with Crippen molar-refractivity contribution in [3.8, 4) is 0 Å². The summed E-state index contributed by atoms with van der Waals surface area (Å²) < 4.78 is 2.15. The molecule has 0 radical (unpaired) electrons. The van der Waals surface area contributed by atoms with Gasteiger partial charge in [-0.2, -0.15) is 0 Å². The maximum atomic E-state index is 4.06. The van der Waals surface area contributed by atoms with Gasteiger partial charge in [-0.3, -0.25) is 0 Å². The fraction of sp³-hybridized carbons (Fsp3) is 0.769. The van der Waals surface area contributed by atoms with E-state index in [2.05, 4.69) is 19.8 Å². The van der Waals surface area contributed by atoms with Crippen LogP contribution in [0.15, 0.2) is 18.7 Å². The standard InChI is InChI=1S/C13H22N4/c1(6-17-9-5-14-11-17)4-15-13-3-8-16-7-2-12(13)10-16/h5,9,11-13,15H,1-4,6-8,10H2. The topological polar surface area (TPSA) is 33.1 Å². The number of hydrogen-bond acceptors (Lipinski definition) is 3. The van der Waals surface area contributed by atoms with E-state index in [4.69, 9.17) is 0 Å². The van der Waals surface area contributed by atoms with Crippen LogP contribution in [0, 0.1) is 5.92 Å². The van der Waals surface area contributed by atoms with Crippen molar-refractivity contribution >= 4 is 0 Å². The van der Waals surface area contributed by atoms with E-state index in [9.17, 15) is 0 Å². The minimum atomic E-state index is 0.775. The predicted octanol–water partition coefficient (Wildman–Crippen LogP) is 0.957. The lowest BCUT2D eigenvalue weighted by atomic mass is 9.94. The molecule has 0 saturated carbocycles. The molecule has 0 amide bonds. The molecule has 0 aliphatic carbocycles. The number of piperidine rings is 1. The maximum absolute atomic E-state index is 4.06. The van der Waals surface area contributed by atoms with Gasteiger partial charge in [0.25, 0.3) is 0 Å². The Hall–Kier alpha value is -0.870. The lowest BCUT2D eigenvalue weighted by Crippen LogP contribution is -2.44. The van der Waals surface area contributed by atoms with E-state index < -0.39 is 0 Å². The van der Waals surface area contributed by atoms with Gasteiger partial charge in [0.15, 0.2) is 0 Å². The first-order valence-corrected chi connectivity index (χ1v) is 6.83. The molecule has 3 heterocycles. The van der Waals surface area contributed by atoms with Crippen LogP contribution in [0.25, 0.3) is 0 Å². The molecule has 1 aromatic rings. The van der Waals surface area contributed by atoms with Gasteiger partial charge in [0.05, 0.1) is 6.33 Å². The van der Waals surface area contributed by atoms with E-state index in [1.807, 2.05) is 18.7 Å². The number of aryl methyl sites for hydroxylation is 1. The third kappa shape index (κ3) is 2.69. The van der Waals surface area contributed by atoms with Gasteiger partial charge in [-0.05, 0) is 44.8 Å². The number of rotatable bonds is 5. The van der Waals surface area contributed by atoms with Crippen molar-refractivity contribution in [1.82, 2.24) is 19.8 Å². The molecule has 94 valence electrons. The van der Waals surface area contributed by atoms with Gasteiger partial charge < -0.3 is 14.8 Å². The van der Waals surface area contributed by atoms with Crippen LogP contribution >= 0.6 is 0 Å². The summed E-state index contributed by atoms with van der Waals surface area (Å²) in [4.78, 5) is 6.66. The molecule has 1 N–H and O–H groups in total. The molecule has 4 nitrogen and oxygen atoms in total. The van der Waals surface area contributed by atoms with Crippen LogP contribution in [0.5, 0.6) is 0 Å². The Labute approximate surface area is 103 Å². The number of nitrogens with one attached hydrogen (secondary N) is 1. The normalized spacial score (nSPS) is 31.9. The van der Waals surface area contributed by atoms with Gasteiger partial charge in [-0.15, -0.1) is 0 Å². The van der Waals surface area contributed by atoms with Crippen molar-refractivity contribution in [2.45, 2.75) is 31.8 Å². The van der Waals surface area contributed by atoms with Crippen LogP contribution in [0.2, 0.25) is 0 Å². The lowest BCUT2D eigenvalue weighted by Gasteiger charge is -2.31. The summed E-state index contributed by atoms with van der Waals surface area (Å²) in [6.07, 6.45) is 9.73. The SMILES string of the molecule is c1cn(CCCNC2CCN3CCC2C3)cn1. The van der Waals surface area contributed by atoms with E-state index in [0.717, 1.165) is 25.0 Å². The van der Waals surface area contributed by atoms with Crippen molar-refractivity contribution in [3.63, 3.8) is 0 Å². The summed E-state index contributed by atoms with van der Waals surface area (Å²) in [6.45, 7) is 6.18. The molecule has 2 bridgehead atoms. The number of imidazole rings is 1. The molecule has 3 unspecified atom stereocenters. The number of aromatic nitrogens is 2. The van der Waals surface area contributed by atoms with E-state index in [-0.39, 0.29) is 0 Å². The highest BCUT2D eigenvalue weighted by atomic mass is 15.2. The molecule has 2 aliphatic heterocycles. The Morgan fingerprint density at radius 3 is 3.12 bits per heavy atom. The summed E-state index contributed by atoms with van der Waals surface area (Å²) in [5.41, 5.74) is 0. The molecule has 2 fully saturated rings. The highest BCUT2D eigenvalue weighted by molar-refractivity contribution is 4.90. The van der Waals surface area contributed by atoms with Gasteiger partial charge >= 0.3 is 0 Å². The first-order valence-electron chi connectivity index (χ1n) is 6.83. The van der Waals surface area contributed by atoms with Gasteiger partial charge in [-0.25, -0.2) is 4.98 Å². The largest absolute Gasteiger partial charge is 0.337 e. The summed E-state index contributed by atoms with van der Waals surface area (Å²) in [6, 6.07) is 0.775. The van der Waals surface area contributed by atoms with E-state index in [0.29, 0.717) is 0 Å². The summed E-state index contributed by atoms with van der Waals surface area (Å²) in [5.74, 6) is 0.914. The first kappa shape index (κ1) is 11.2. The fourth-order valence-corrected chi connectivity index (χ4v) is 3.19. The molecule has 3 atom stereocenters. The van der Waals surface area contributed by atoms with Crippen molar-refractivity contribution in [2.75, 3.05) is 26.2 Å². The molecular formula is C13H22N4. The maximum Gasteiger partial charge on any atom is 0.0945 e. The zero-order valence-corrected chi connectivity index (χ0v) is 10.4. The molecule has 0 aromatic carbocycles. The van der Waals surface area contributed by atoms with Crippen molar-refractivity contribution in [2.24, 2.45) is 5.92 Å².